The van der Waals surface area contributed by atoms with Gasteiger partial charge in [0.05, 0.1) is 0 Å². The Morgan fingerprint density at radius 2 is 1.90 bits per heavy atom. The van der Waals surface area contributed by atoms with Gasteiger partial charge in [-0.2, -0.15) is 0 Å². The molecule has 1 atom stereocenters. The van der Waals surface area contributed by atoms with Gasteiger partial charge in [-0.15, -0.1) is 0 Å². The van der Waals surface area contributed by atoms with Gasteiger partial charge in [-0.05, 0) is 43.4 Å². The highest BCUT2D eigenvalue weighted by Gasteiger charge is 2.07. The molecule has 0 radical (unpaired) electrons. The molecule has 2 N–H and O–H groups in total. The van der Waals surface area contributed by atoms with Gasteiger partial charge in [0.1, 0.15) is 5.58 Å². The summed E-state index contributed by atoms with van der Waals surface area (Å²) in [5.41, 5.74) is 6.91. The van der Waals surface area contributed by atoms with Gasteiger partial charge in [-0.1, -0.05) is 45.7 Å². The molecular weight excluding hydrogens is 262 g/mol. The SMILES string of the molecule is CCC(C)CC(C)C.Cc1ccc2oc(C(N)=O)cc2c1. The first-order chi connectivity index (χ1) is 9.83. The predicted molar refractivity (Wildman–Crippen MR) is 88.4 cm³/mol. The average Bonchev–Trinajstić information content (AvgIpc) is 2.81. The van der Waals surface area contributed by atoms with Crippen LogP contribution in [0.2, 0.25) is 0 Å². The van der Waals surface area contributed by atoms with Crippen molar-refractivity contribution in [3.8, 4) is 0 Å². The largest absolute Gasteiger partial charge is 0.451 e. The van der Waals surface area contributed by atoms with E-state index < -0.39 is 5.91 Å². The Labute approximate surface area is 127 Å². The summed E-state index contributed by atoms with van der Waals surface area (Å²) in [6.07, 6.45) is 2.72. The normalized spacial score (nSPS) is 12.1. The number of furan rings is 1. The summed E-state index contributed by atoms with van der Waals surface area (Å²) in [6, 6.07) is 7.36. The number of fused-ring (bicyclic) bond motifs is 1. The van der Waals surface area contributed by atoms with Crippen LogP contribution in [-0.2, 0) is 0 Å². The Kier molecular flexibility index (Phi) is 6.47. The maximum Gasteiger partial charge on any atom is 0.284 e. The Morgan fingerprint density at radius 1 is 1.24 bits per heavy atom. The van der Waals surface area contributed by atoms with E-state index in [2.05, 4.69) is 27.7 Å². The van der Waals surface area contributed by atoms with Crippen LogP contribution in [0.1, 0.15) is 56.7 Å². The van der Waals surface area contributed by atoms with Crippen molar-refractivity contribution in [3.05, 3.63) is 35.6 Å². The highest BCUT2D eigenvalue weighted by Crippen LogP contribution is 2.20. The number of rotatable bonds is 4. The number of benzene rings is 1. The van der Waals surface area contributed by atoms with Gasteiger partial charge in [0.2, 0.25) is 0 Å². The zero-order chi connectivity index (χ0) is 16.0. The van der Waals surface area contributed by atoms with E-state index in [-0.39, 0.29) is 5.76 Å². The Balaban J connectivity index is 0.000000240. The van der Waals surface area contributed by atoms with Gasteiger partial charge in [0.25, 0.3) is 5.91 Å². The lowest BCUT2D eigenvalue weighted by Gasteiger charge is -2.09. The Morgan fingerprint density at radius 3 is 2.38 bits per heavy atom. The van der Waals surface area contributed by atoms with Crippen LogP contribution in [0.5, 0.6) is 0 Å². The number of nitrogens with two attached hydrogens (primary N) is 1. The second-order valence-corrected chi connectivity index (χ2v) is 6.16. The van der Waals surface area contributed by atoms with Gasteiger partial charge in [0.15, 0.2) is 5.76 Å². The van der Waals surface area contributed by atoms with E-state index in [4.69, 9.17) is 10.2 Å². The molecule has 1 amide bonds. The topological polar surface area (TPSA) is 56.2 Å². The molecule has 1 unspecified atom stereocenters. The number of carbonyl (C=O) groups is 1. The van der Waals surface area contributed by atoms with E-state index in [9.17, 15) is 4.79 Å². The lowest BCUT2D eigenvalue weighted by atomic mass is 9.97. The minimum atomic E-state index is -0.533. The molecule has 2 rings (SSSR count). The molecule has 1 aromatic carbocycles. The first-order valence-corrected chi connectivity index (χ1v) is 7.63. The molecule has 116 valence electrons. The molecule has 0 saturated carbocycles. The van der Waals surface area contributed by atoms with Crippen LogP contribution in [0.4, 0.5) is 0 Å². The molecule has 3 nitrogen and oxygen atoms in total. The van der Waals surface area contributed by atoms with Crippen molar-refractivity contribution in [1.29, 1.82) is 0 Å². The standard InChI is InChI=1S/C10H9NO2.C8H18/c1-6-2-3-8-7(4-6)5-9(13-8)10(11)12;1-5-8(4)6-7(2)3/h2-5H,1H3,(H2,11,12);7-8H,5-6H2,1-4H3. The summed E-state index contributed by atoms with van der Waals surface area (Å²) in [5.74, 6) is 1.48. The summed E-state index contributed by atoms with van der Waals surface area (Å²) < 4.78 is 5.21. The summed E-state index contributed by atoms with van der Waals surface area (Å²) in [6.45, 7) is 11.1. The number of hydrogen-bond acceptors (Lipinski definition) is 2. The average molecular weight is 289 g/mol. The van der Waals surface area contributed by atoms with E-state index in [1.165, 1.54) is 12.8 Å². The third-order valence-corrected chi connectivity index (χ3v) is 3.49. The van der Waals surface area contributed by atoms with Crippen molar-refractivity contribution in [3.63, 3.8) is 0 Å². The molecule has 0 spiro atoms. The van der Waals surface area contributed by atoms with Crippen LogP contribution in [0, 0.1) is 18.8 Å². The van der Waals surface area contributed by atoms with Gasteiger partial charge in [-0.3, -0.25) is 4.79 Å². The lowest BCUT2D eigenvalue weighted by molar-refractivity contribution is 0.0976. The van der Waals surface area contributed by atoms with Gasteiger partial charge < -0.3 is 10.2 Å². The molecular formula is C18H27NO2. The maximum absolute atomic E-state index is 10.8. The van der Waals surface area contributed by atoms with E-state index in [0.29, 0.717) is 5.58 Å². The summed E-state index contributed by atoms with van der Waals surface area (Å²) >= 11 is 0. The summed E-state index contributed by atoms with van der Waals surface area (Å²) in [4.78, 5) is 10.8. The van der Waals surface area contributed by atoms with E-state index >= 15 is 0 Å². The molecule has 3 heteroatoms. The molecule has 0 aliphatic heterocycles. The number of primary amides is 1. The molecule has 0 saturated heterocycles. The fraction of sp³-hybridized carbons (Fsp3) is 0.500. The maximum atomic E-state index is 10.8. The lowest BCUT2D eigenvalue weighted by Crippen LogP contribution is -2.08. The van der Waals surface area contributed by atoms with Crippen LogP contribution in [0.15, 0.2) is 28.7 Å². The smallest absolute Gasteiger partial charge is 0.284 e. The van der Waals surface area contributed by atoms with Crippen LogP contribution in [-0.4, -0.2) is 5.91 Å². The van der Waals surface area contributed by atoms with Crippen molar-refractivity contribution < 1.29 is 9.21 Å². The first-order valence-electron chi connectivity index (χ1n) is 7.63. The van der Waals surface area contributed by atoms with Gasteiger partial charge in [0, 0.05) is 5.39 Å². The molecule has 0 aliphatic rings. The van der Waals surface area contributed by atoms with Gasteiger partial charge in [-0.25, -0.2) is 0 Å². The number of hydrogen-bond donors (Lipinski definition) is 1. The van der Waals surface area contributed by atoms with Crippen molar-refractivity contribution in [2.45, 2.75) is 47.5 Å². The Hall–Kier alpha value is -1.77. The van der Waals surface area contributed by atoms with Crippen molar-refractivity contribution in [2.24, 2.45) is 17.6 Å². The fourth-order valence-electron chi connectivity index (χ4n) is 2.26. The van der Waals surface area contributed by atoms with Crippen molar-refractivity contribution >= 4 is 16.9 Å². The van der Waals surface area contributed by atoms with Crippen molar-refractivity contribution in [1.82, 2.24) is 0 Å². The summed E-state index contributed by atoms with van der Waals surface area (Å²) in [7, 11) is 0. The number of carbonyl (C=O) groups excluding carboxylic acids is 1. The van der Waals surface area contributed by atoms with Gasteiger partial charge >= 0.3 is 0 Å². The molecule has 1 heterocycles. The molecule has 0 bridgehead atoms. The fourth-order valence-corrected chi connectivity index (χ4v) is 2.26. The second-order valence-electron chi connectivity index (χ2n) is 6.16. The van der Waals surface area contributed by atoms with Crippen LogP contribution in [0.25, 0.3) is 11.0 Å². The number of aryl methyl sites for hydroxylation is 1. The third kappa shape index (κ3) is 5.62. The molecule has 0 fully saturated rings. The molecule has 0 aliphatic carbocycles. The minimum Gasteiger partial charge on any atom is -0.451 e. The van der Waals surface area contributed by atoms with Crippen LogP contribution >= 0.6 is 0 Å². The van der Waals surface area contributed by atoms with Crippen LogP contribution in [0.3, 0.4) is 0 Å². The molecule has 21 heavy (non-hydrogen) atoms. The second kappa shape index (κ2) is 7.87. The number of amides is 1. The van der Waals surface area contributed by atoms with Crippen molar-refractivity contribution in [2.75, 3.05) is 0 Å². The minimum absolute atomic E-state index is 0.209. The predicted octanol–water partition coefficient (Wildman–Crippen LogP) is 4.92. The van der Waals surface area contributed by atoms with E-state index in [1.807, 2.05) is 25.1 Å². The van der Waals surface area contributed by atoms with E-state index in [0.717, 1.165) is 22.8 Å². The third-order valence-electron chi connectivity index (χ3n) is 3.49. The monoisotopic (exact) mass is 289 g/mol. The Bertz CT molecular complexity index is 584. The van der Waals surface area contributed by atoms with E-state index in [1.54, 1.807) is 6.07 Å². The zero-order valence-electron chi connectivity index (χ0n) is 13.8. The molecule has 1 aromatic heterocycles. The quantitative estimate of drug-likeness (QED) is 0.868. The first kappa shape index (κ1) is 17.3. The summed E-state index contributed by atoms with van der Waals surface area (Å²) in [5, 5.41) is 0.911. The van der Waals surface area contributed by atoms with Crippen LogP contribution < -0.4 is 5.73 Å². The molecule has 2 aromatic rings. The highest BCUT2D eigenvalue weighted by molar-refractivity contribution is 5.95. The highest BCUT2D eigenvalue weighted by atomic mass is 16.3. The zero-order valence-corrected chi connectivity index (χ0v) is 13.8.